The fraction of sp³-hybridized carbons (Fsp3) is 0.222. The van der Waals surface area contributed by atoms with Gasteiger partial charge in [0.15, 0.2) is 0 Å². The van der Waals surface area contributed by atoms with Crippen LogP contribution in [0.1, 0.15) is 17.3 Å². The van der Waals surface area contributed by atoms with Crippen molar-refractivity contribution < 1.29 is 9.53 Å². The Labute approximate surface area is 82.0 Å². The van der Waals surface area contributed by atoms with Gasteiger partial charge in [-0.1, -0.05) is 6.07 Å². The molecule has 5 N–H and O–H groups in total. The van der Waals surface area contributed by atoms with E-state index in [1.165, 1.54) is 0 Å². The van der Waals surface area contributed by atoms with Gasteiger partial charge in [-0.25, -0.2) is 4.79 Å². The number of anilines is 2. The van der Waals surface area contributed by atoms with Crippen LogP contribution in [0.15, 0.2) is 18.2 Å². The van der Waals surface area contributed by atoms with Crippen molar-refractivity contribution in [3.8, 4) is 0 Å². The molecule has 0 aliphatic heterocycles. The van der Waals surface area contributed by atoms with Crippen LogP contribution >= 0.6 is 0 Å². The molecule has 0 bridgehead atoms. The molecule has 76 valence electrons. The molecule has 1 aromatic carbocycles. The molecule has 0 spiro atoms. The Morgan fingerprint density at radius 2 is 2.29 bits per heavy atom. The summed E-state index contributed by atoms with van der Waals surface area (Å²) in [5, 5.41) is 0. The van der Waals surface area contributed by atoms with Crippen molar-refractivity contribution in [2.45, 2.75) is 6.92 Å². The molecule has 0 heterocycles. The smallest absolute Gasteiger partial charge is 0.342 e. The third-order valence-corrected chi connectivity index (χ3v) is 1.73. The summed E-state index contributed by atoms with van der Waals surface area (Å²) in [6.45, 7) is 2.03. The Morgan fingerprint density at radius 1 is 1.57 bits per heavy atom. The fourth-order valence-corrected chi connectivity index (χ4v) is 1.12. The first-order chi connectivity index (χ1) is 6.70. The molecule has 1 aromatic rings. The van der Waals surface area contributed by atoms with Gasteiger partial charge in [-0.2, -0.15) is 0 Å². The summed E-state index contributed by atoms with van der Waals surface area (Å²) in [7, 11) is 0. The first-order valence-corrected chi connectivity index (χ1v) is 4.23. The third kappa shape index (κ3) is 1.94. The van der Waals surface area contributed by atoms with Crippen molar-refractivity contribution in [3.63, 3.8) is 0 Å². The van der Waals surface area contributed by atoms with Gasteiger partial charge in [0.25, 0.3) is 0 Å². The predicted octanol–water partition coefficient (Wildman–Crippen LogP) is 0.731. The van der Waals surface area contributed by atoms with Crippen LogP contribution in [0.2, 0.25) is 0 Å². The van der Waals surface area contributed by atoms with Crippen LogP contribution in [0.5, 0.6) is 0 Å². The lowest BCUT2D eigenvalue weighted by Crippen LogP contribution is -2.15. The maximum atomic E-state index is 11.4. The van der Waals surface area contributed by atoms with Crippen LogP contribution in [0.4, 0.5) is 11.4 Å². The number of hydrogen-bond donors (Lipinski definition) is 3. The van der Waals surface area contributed by atoms with Gasteiger partial charge in [-0.15, -0.1) is 0 Å². The molecule has 0 unspecified atom stereocenters. The first kappa shape index (κ1) is 10.3. The van der Waals surface area contributed by atoms with E-state index < -0.39 is 5.97 Å². The highest BCUT2D eigenvalue weighted by atomic mass is 16.5. The second-order valence-corrected chi connectivity index (χ2v) is 2.63. The standard InChI is InChI=1S/C9H13N3O2/c1-2-14-9(13)8-6(10)4-3-5-7(8)12-11/h3-5,12H,2,10-11H2,1H3. The third-order valence-electron chi connectivity index (χ3n) is 1.73. The molecule has 0 saturated carbocycles. The Hall–Kier alpha value is -1.75. The molecule has 0 saturated heterocycles. The highest BCUT2D eigenvalue weighted by Crippen LogP contribution is 2.21. The number of nitrogens with two attached hydrogens (primary N) is 2. The van der Waals surface area contributed by atoms with E-state index in [0.717, 1.165) is 0 Å². The normalized spacial score (nSPS) is 9.57. The van der Waals surface area contributed by atoms with Crippen LogP contribution in [0.3, 0.4) is 0 Å². The minimum absolute atomic E-state index is 0.275. The summed E-state index contributed by atoms with van der Waals surface area (Å²) in [6, 6.07) is 4.98. The average molecular weight is 195 g/mol. The number of nitrogen functional groups attached to an aromatic ring is 2. The van der Waals surface area contributed by atoms with Gasteiger partial charge in [-0.3, -0.25) is 5.84 Å². The topological polar surface area (TPSA) is 90.4 Å². The number of esters is 1. The van der Waals surface area contributed by atoms with Crippen molar-refractivity contribution in [3.05, 3.63) is 23.8 Å². The van der Waals surface area contributed by atoms with Gasteiger partial charge in [0.05, 0.1) is 12.3 Å². The Bertz CT molecular complexity index is 339. The van der Waals surface area contributed by atoms with Gasteiger partial charge in [0.1, 0.15) is 5.56 Å². The summed E-state index contributed by atoms with van der Waals surface area (Å²) >= 11 is 0. The van der Waals surface area contributed by atoms with Crippen LogP contribution in [0.25, 0.3) is 0 Å². The lowest BCUT2D eigenvalue weighted by molar-refractivity contribution is 0.0528. The zero-order chi connectivity index (χ0) is 10.6. The van der Waals surface area contributed by atoms with E-state index in [4.69, 9.17) is 16.3 Å². The summed E-state index contributed by atoms with van der Waals surface area (Å²) in [6.07, 6.45) is 0. The van der Waals surface area contributed by atoms with Gasteiger partial charge >= 0.3 is 5.97 Å². The van der Waals surface area contributed by atoms with Gasteiger partial charge in [-0.05, 0) is 19.1 Å². The fourth-order valence-electron chi connectivity index (χ4n) is 1.12. The van der Waals surface area contributed by atoms with Crippen LogP contribution in [-0.4, -0.2) is 12.6 Å². The summed E-state index contributed by atoms with van der Waals surface area (Å²) in [5.41, 5.74) is 9.11. The molecule has 0 aliphatic rings. The highest BCUT2D eigenvalue weighted by Gasteiger charge is 2.14. The lowest BCUT2D eigenvalue weighted by Gasteiger charge is -2.09. The molecule has 0 radical (unpaired) electrons. The van der Waals surface area contributed by atoms with Gasteiger partial charge < -0.3 is 15.9 Å². The van der Waals surface area contributed by atoms with Crippen molar-refractivity contribution in [1.82, 2.24) is 0 Å². The predicted molar refractivity (Wildman–Crippen MR) is 54.6 cm³/mol. The largest absolute Gasteiger partial charge is 0.462 e. The van der Waals surface area contributed by atoms with Crippen LogP contribution < -0.4 is 17.0 Å². The zero-order valence-corrected chi connectivity index (χ0v) is 7.91. The number of hydrazine groups is 1. The molecule has 0 atom stereocenters. The quantitative estimate of drug-likeness (QED) is 0.286. The highest BCUT2D eigenvalue weighted by molar-refractivity contribution is 6.00. The molecule has 0 fully saturated rings. The molecule has 14 heavy (non-hydrogen) atoms. The number of hydrogen-bond acceptors (Lipinski definition) is 5. The lowest BCUT2D eigenvalue weighted by atomic mass is 10.1. The van der Waals surface area contributed by atoms with Crippen molar-refractivity contribution >= 4 is 17.3 Å². The van der Waals surface area contributed by atoms with Crippen molar-refractivity contribution in [1.29, 1.82) is 0 Å². The minimum atomic E-state index is -0.474. The van der Waals surface area contributed by atoms with Gasteiger partial charge in [0, 0.05) is 5.69 Å². The molecular weight excluding hydrogens is 182 g/mol. The molecule has 5 heteroatoms. The summed E-state index contributed by atoms with van der Waals surface area (Å²) < 4.78 is 4.84. The Balaban J connectivity index is 3.10. The number of carbonyl (C=O) groups is 1. The Kier molecular flexibility index (Phi) is 3.30. The summed E-state index contributed by atoms with van der Waals surface area (Å²) in [5.74, 6) is 4.77. The van der Waals surface area contributed by atoms with Gasteiger partial charge in [0.2, 0.25) is 0 Å². The maximum Gasteiger partial charge on any atom is 0.342 e. The Morgan fingerprint density at radius 3 is 2.86 bits per heavy atom. The van der Waals surface area contributed by atoms with Crippen LogP contribution in [0, 0.1) is 0 Å². The average Bonchev–Trinajstić information content (AvgIpc) is 2.17. The van der Waals surface area contributed by atoms with Crippen LogP contribution in [-0.2, 0) is 4.74 Å². The van der Waals surface area contributed by atoms with E-state index in [2.05, 4.69) is 5.43 Å². The number of carbonyl (C=O) groups excluding carboxylic acids is 1. The van der Waals surface area contributed by atoms with E-state index in [9.17, 15) is 4.79 Å². The number of benzene rings is 1. The van der Waals surface area contributed by atoms with Crippen molar-refractivity contribution in [2.75, 3.05) is 17.8 Å². The number of rotatable bonds is 3. The second kappa shape index (κ2) is 4.48. The molecule has 0 amide bonds. The second-order valence-electron chi connectivity index (χ2n) is 2.63. The molecule has 0 aliphatic carbocycles. The SMILES string of the molecule is CCOC(=O)c1c(N)cccc1NN. The number of nitrogens with one attached hydrogen (secondary N) is 1. The number of ether oxygens (including phenoxy) is 1. The monoisotopic (exact) mass is 195 g/mol. The van der Waals surface area contributed by atoms with Crippen molar-refractivity contribution in [2.24, 2.45) is 5.84 Å². The van der Waals surface area contributed by atoms with E-state index in [1.807, 2.05) is 0 Å². The molecule has 1 rings (SSSR count). The van der Waals surface area contributed by atoms with E-state index in [1.54, 1.807) is 25.1 Å². The first-order valence-electron chi connectivity index (χ1n) is 4.23. The van der Waals surface area contributed by atoms with E-state index in [-0.39, 0.29) is 5.56 Å². The zero-order valence-electron chi connectivity index (χ0n) is 7.91. The molecule has 5 nitrogen and oxygen atoms in total. The summed E-state index contributed by atoms with van der Waals surface area (Å²) in [4.78, 5) is 11.4. The maximum absolute atomic E-state index is 11.4. The molecule has 0 aromatic heterocycles. The van der Waals surface area contributed by atoms with E-state index in [0.29, 0.717) is 18.0 Å². The van der Waals surface area contributed by atoms with E-state index >= 15 is 0 Å². The minimum Gasteiger partial charge on any atom is -0.462 e. The molecular formula is C9H13N3O2.